The van der Waals surface area contributed by atoms with Crippen molar-refractivity contribution < 1.29 is 17.6 Å². The lowest BCUT2D eigenvalue weighted by Crippen LogP contribution is -2.39. The smallest absolute Gasteiger partial charge is 0.260 e. The lowest BCUT2D eigenvalue weighted by atomic mass is 10.2. The van der Waals surface area contributed by atoms with Gasteiger partial charge in [0.1, 0.15) is 12.4 Å². The van der Waals surface area contributed by atoms with Crippen molar-refractivity contribution in [3.05, 3.63) is 63.4 Å². The topological polar surface area (TPSA) is 78.8 Å². The molecule has 1 N–H and O–H groups in total. The van der Waals surface area contributed by atoms with Gasteiger partial charge in [0.25, 0.3) is 5.91 Å². The first-order valence-corrected chi connectivity index (χ1v) is 10.2. The molecule has 0 radical (unpaired) electrons. The van der Waals surface area contributed by atoms with Crippen LogP contribution in [0.1, 0.15) is 11.1 Å². The number of benzene rings is 2. The number of hydrogen-bond donors (Lipinski definition) is 1. The van der Waals surface area contributed by atoms with Crippen LogP contribution < -0.4 is 9.73 Å². The summed E-state index contributed by atoms with van der Waals surface area (Å²) in [5, 5.41) is 4.09. The van der Waals surface area contributed by atoms with Crippen molar-refractivity contribution in [2.75, 3.05) is 17.1 Å². The lowest BCUT2D eigenvalue weighted by molar-refractivity contribution is -0.119. The predicted octanol–water partition coefficient (Wildman–Crippen LogP) is 3.36. The normalized spacial score (nSPS) is 11.6. The molecule has 0 fully saturated rings. The Balaban J connectivity index is 2.18. The van der Waals surface area contributed by atoms with Gasteiger partial charge in [0, 0.05) is 10.6 Å². The van der Waals surface area contributed by atoms with Gasteiger partial charge in [0.05, 0.1) is 23.2 Å². The standard InChI is InChI=1S/C17H16Cl2FN3O3S/c1-11-6-7-12(18)8-16(11)23(27(2,25)26)10-17(24)22-21-9-13-14(19)4-3-5-15(13)20/h3-9H,10H2,1-2H3,(H,22,24)/b21-9+. The Kier molecular flexibility index (Phi) is 6.80. The van der Waals surface area contributed by atoms with E-state index >= 15 is 0 Å². The Labute approximate surface area is 166 Å². The van der Waals surface area contributed by atoms with E-state index in [1.54, 1.807) is 19.1 Å². The molecule has 6 nitrogen and oxygen atoms in total. The van der Waals surface area contributed by atoms with Gasteiger partial charge in [-0.25, -0.2) is 18.2 Å². The average molecular weight is 432 g/mol. The monoisotopic (exact) mass is 431 g/mol. The average Bonchev–Trinajstić information content (AvgIpc) is 2.57. The quantitative estimate of drug-likeness (QED) is 0.562. The van der Waals surface area contributed by atoms with Crippen LogP contribution >= 0.6 is 23.2 Å². The fourth-order valence-corrected chi connectivity index (χ4v) is 3.48. The summed E-state index contributed by atoms with van der Waals surface area (Å²) in [5.74, 6) is -1.32. The van der Waals surface area contributed by atoms with Gasteiger partial charge in [0.15, 0.2) is 0 Å². The van der Waals surface area contributed by atoms with Gasteiger partial charge < -0.3 is 0 Å². The number of carbonyl (C=O) groups excluding carboxylic acids is 1. The molecule has 0 bridgehead atoms. The fourth-order valence-electron chi connectivity index (χ4n) is 2.20. The van der Waals surface area contributed by atoms with Crippen molar-refractivity contribution in [1.29, 1.82) is 0 Å². The molecule has 2 aromatic carbocycles. The minimum atomic E-state index is -3.76. The summed E-state index contributed by atoms with van der Waals surface area (Å²) in [7, 11) is -3.76. The third kappa shape index (κ3) is 5.66. The van der Waals surface area contributed by atoms with Crippen molar-refractivity contribution in [2.24, 2.45) is 5.10 Å². The van der Waals surface area contributed by atoms with Crippen LogP contribution in [0.2, 0.25) is 10.0 Å². The molecular weight excluding hydrogens is 416 g/mol. The van der Waals surface area contributed by atoms with Crippen LogP contribution in [0.15, 0.2) is 41.5 Å². The number of rotatable bonds is 6. The molecule has 0 aliphatic carbocycles. The van der Waals surface area contributed by atoms with E-state index in [2.05, 4.69) is 10.5 Å². The number of anilines is 1. The Morgan fingerprint density at radius 1 is 1.30 bits per heavy atom. The molecule has 0 aliphatic heterocycles. The van der Waals surface area contributed by atoms with Gasteiger partial charge in [-0.15, -0.1) is 0 Å². The van der Waals surface area contributed by atoms with Gasteiger partial charge >= 0.3 is 0 Å². The SMILES string of the molecule is Cc1ccc(Cl)cc1N(CC(=O)N/N=C/c1c(F)cccc1Cl)S(C)(=O)=O. The molecule has 1 amide bonds. The minimum Gasteiger partial charge on any atom is -0.271 e. The molecule has 0 saturated carbocycles. The van der Waals surface area contributed by atoms with Gasteiger partial charge in [-0.05, 0) is 36.8 Å². The summed E-state index contributed by atoms with van der Waals surface area (Å²) in [5.41, 5.74) is 3.07. The number of halogens is 3. The maximum atomic E-state index is 13.7. The van der Waals surface area contributed by atoms with Gasteiger partial charge in [0.2, 0.25) is 10.0 Å². The lowest BCUT2D eigenvalue weighted by Gasteiger charge is -2.23. The number of nitrogens with zero attached hydrogens (tertiary/aromatic N) is 2. The zero-order valence-electron chi connectivity index (χ0n) is 14.4. The number of nitrogens with one attached hydrogen (secondary N) is 1. The molecule has 2 rings (SSSR count). The molecule has 0 aliphatic rings. The second-order valence-electron chi connectivity index (χ2n) is 5.63. The van der Waals surface area contributed by atoms with Gasteiger partial charge in [-0.3, -0.25) is 9.10 Å². The van der Waals surface area contributed by atoms with E-state index in [4.69, 9.17) is 23.2 Å². The van der Waals surface area contributed by atoms with E-state index < -0.39 is 28.3 Å². The number of carbonyl (C=O) groups is 1. The number of amides is 1. The Morgan fingerprint density at radius 3 is 2.63 bits per heavy atom. The Bertz CT molecular complexity index is 977. The molecule has 2 aromatic rings. The first-order chi connectivity index (χ1) is 12.6. The first kappa shape index (κ1) is 21.1. The zero-order chi connectivity index (χ0) is 20.2. The number of aryl methyl sites for hydroxylation is 1. The van der Waals surface area contributed by atoms with Gasteiger partial charge in [-0.2, -0.15) is 5.10 Å². The molecule has 0 saturated heterocycles. The Hall–Kier alpha value is -2.16. The van der Waals surface area contributed by atoms with Crippen LogP contribution in [0.25, 0.3) is 0 Å². The van der Waals surface area contributed by atoms with Crippen molar-refractivity contribution in [2.45, 2.75) is 6.92 Å². The molecule has 0 spiro atoms. The van der Waals surface area contributed by atoms with Crippen LogP contribution in [-0.4, -0.2) is 33.3 Å². The maximum absolute atomic E-state index is 13.7. The highest BCUT2D eigenvalue weighted by Crippen LogP contribution is 2.26. The van der Waals surface area contributed by atoms with E-state index in [9.17, 15) is 17.6 Å². The summed E-state index contributed by atoms with van der Waals surface area (Å²) >= 11 is 11.8. The minimum absolute atomic E-state index is 0.00474. The van der Waals surface area contributed by atoms with Crippen LogP contribution in [0, 0.1) is 12.7 Å². The highest BCUT2D eigenvalue weighted by atomic mass is 35.5. The highest BCUT2D eigenvalue weighted by molar-refractivity contribution is 7.92. The summed E-state index contributed by atoms with van der Waals surface area (Å²) in [6.45, 7) is 1.17. The maximum Gasteiger partial charge on any atom is 0.260 e. The highest BCUT2D eigenvalue weighted by Gasteiger charge is 2.22. The summed E-state index contributed by atoms with van der Waals surface area (Å²) in [4.78, 5) is 12.1. The van der Waals surface area contributed by atoms with Gasteiger partial charge in [-0.1, -0.05) is 35.3 Å². The molecular formula is C17H16Cl2FN3O3S. The zero-order valence-corrected chi connectivity index (χ0v) is 16.7. The van der Waals surface area contributed by atoms with E-state index in [1.807, 2.05) is 0 Å². The van der Waals surface area contributed by atoms with E-state index in [0.717, 1.165) is 16.8 Å². The molecule has 0 unspecified atom stereocenters. The fraction of sp³-hybridized carbons (Fsp3) is 0.176. The van der Waals surface area contributed by atoms with E-state index in [1.165, 1.54) is 24.3 Å². The summed E-state index contributed by atoms with van der Waals surface area (Å²) in [6, 6.07) is 8.82. The third-order valence-corrected chi connectivity index (χ3v) is 5.20. The largest absolute Gasteiger partial charge is 0.271 e. The van der Waals surface area contributed by atoms with Crippen molar-refractivity contribution >= 4 is 51.0 Å². The Morgan fingerprint density at radius 2 is 2.00 bits per heavy atom. The van der Waals surface area contributed by atoms with E-state index in [-0.39, 0.29) is 16.3 Å². The van der Waals surface area contributed by atoms with E-state index in [0.29, 0.717) is 10.6 Å². The molecule has 144 valence electrons. The molecule has 0 atom stereocenters. The van der Waals surface area contributed by atoms with Crippen LogP contribution in [0.4, 0.5) is 10.1 Å². The van der Waals surface area contributed by atoms with Crippen molar-refractivity contribution in [3.8, 4) is 0 Å². The second-order valence-corrected chi connectivity index (χ2v) is 8.38. The van der Waals surface area contributed by atoms with Crippen LogP contribution in [0.5, 0.6) is 0 Å². The second kappa shape index (κ2) is 8.69. The van der Waals surface area contributed by atoms with Crippen LogP contribution in [-0.2, 0) is 14.8 Å². The van der Waals surface area contributed by atoms with Crippen molar-refractivity contribution in [3.63, 3.8) is 0 Å². The third-order valence-electron chi connectivity index (χ3n) is 3.51. The first-order valence-electron chi connectivity index (χ1n) is 7.59. The predicted molar refractivity (Wildman–Crippen MR) is 106 cm³/mol. The number of sulfonamides is 1. The summed E-state index contributed by atoms with van der Waals surface area (Å²) in [6.07, 6.45) is 2.02. The van der Waals surface area contributed by atoms with Crippen molar-refractivity contribution in [1.82, 2.24) is 5.43 Å². The summed E-state index contributed by atoms with van der Waals surface area (Å²) < 4.78 is 38.8. The number of hydrazone groups is 1. The molecule has 27 heavy (non-hydrogen) atoms. The number of hydrogen-bond acceptors (Lipinski definition) is 4. The van der Waals surface area contributed by atoms with Crippen LogP contribution in [0.3, 0.4) is 0 Å². The molecule has 10 heteroatoms. The molecule has 0 aromatic heterocycles. The molecule has 0 heterocycles.